The maximum absolute atomic E-state index is 10.9. The van der Waals surface area contributed by atoms with Gasteiger partial charge in [0.15, 0.2) is 11.5 Å². The number of carbonyl (C=O) groups is 1. The predicted molar refractivity (Wildman–Crippen MR) is 80.0 cm³/mol. The fourth-order valence-corrected chi connectivity index (χ4v) is 2.75. The van der Waals surface area contributed by atoms with Crippen LogP contribution in [-0.4, -0.2) is 41.3 Å². The highest BCUT2D eigenvalue weighted by Gasteiger charge is 2.17. The minimum absolute atomic E-state index is 0.0908. The Bertz CT molecular complexity index is 675. The standard InChI is InChI=1S/C16H18N2O4/c1-21-14-5-4-11(15-9-13(16(19)20)17-22-15)8-12(14)10-18-6-2-3-7-18/h4-5,8-9H,2-3,6-7,10H2,1H3,(H,19,20). The van der Waals surface area contributed by atoms with Crippen LogP contribution >= 0.6 is 0 Å². The Balaban J connectivity index is 1.89. The highest BCUT2D eigenvalue weighted by atomic mass is 16.5. The first-order valence-electron chi connectivity index (χ1n) is 7.27. The van der Waals surface area contributed by atoms with Gasteiger partial charge in [-0.15, -0.1) is 0 Å². The molecule has 0 bridgehead atoms. The van der Waals surface area contributed by atoms with Gasteiger partial charge in [-0.3, -0.25) is 4.90 Å². The average Bonchev–Trinajstić information content (AvgIpc) is 3.18. The van der Waals surface area contributed by atoms with Crippen LogP contribution in [-0.2, 0) is 6.54 Å². The fraction of sp³-hybridized carbons (Fsp3) is 0.375. The number of carboxylic acids is 1. The highest BCUT2D eigenvalue weighted by Crippen LogP contribution is 2.29. The number of rotatable bonds is 5. The van der Waals surface area contributed by atoms with Gasteiger partial charge in [-0.1, -0.05) is 5.16 Å². The van der Waals surface area contributed by atoms with Crippen LogP contribution in [0.15, 0.2) is 28.8 Å². The van der Waals surface area contributed by atoms with Gasteiger partial charge in [0.05, 0.1) is 7.11 Å². The third-order valence-electron chi connectivity index (χ3n) is 3.89. The van der Waals surface area contributed by atoms with Crippen molar-refractivity contribution in [3.05, 3.63) is 35.5 Å². The number of carboxylic acid groups (broad SMARTS) is 1. The summed E-state index contributed by atoms with van der Waals surface area (Å²) in [7, 11) is 1.65. The first kappa shape index (κ1) is 14.6. The van der Waals surface area contributed by atoms with Crippen molar-refractivity contribution in [1.82, 2.24) is 10.1 Å². The second-order valence-corrected chi connectivity index (χ2v) is 5.39. The van der Waals surface area contributed by atoms with Crippen LogP contribution < -0.4 is 4.74 Å². The number of likely N-dealkylation sites (tertiary alicyclic amines) is 1. The molecule has 1 N–H and O–H groups in total. The average molecular weight is 302 g/mol. The molecular formula is C16H18N2O4. The maximum Gasteiger partial charge on any atom is 0.358 e. The molecule has 0 radical (unpaired) electrons. The molecule has 0 amide bonds. The topological polar surface area (TPSA) is 75.8 Å². The first-order chi connectivity index (χ1) is 10.7. The molecule has 1 fully saturated rings. The van der Waals surface area contributed by atoms with E-state index in [9.17, 15) is 4.79 Å². The van der Waals surface area contributed by atoms with Crippen molar-refractivity contribution in [3.8, 4) is 17.1 Å². The molecular weight excluding hydrogens is 284 g/mol. The lowest BCUT2D eigenvalue weighted by Crippen LogP contribution is -2.18. The third-order valence-corrected chi connectivity index (χ3v) is 3.89. The molecule has 0 aliphatic carbocycles. The quantitative estimate of drug-likeness (QED) is 0.915. The summed E-state index contributed by atoms with van der Waals surface area (Å²) in [6.07, 6.45) is 2.46. The van der Waals surface area contributed by atoms with Crippen LogP contribution in [0.5, 0.6) is 5.75 Å². The molecule has 6 nitrogen and oxygen atoms in total. The Morgan fingerprint density at radius 3 is 2.77 bits per heavy atom. The monoisotopic (exact) mass is 302 g/mol. The molecule has 1 saturated heterocycles. The van der Waals surface area contributed by atoms with Crippen LogP contribution in [0.25, 0.3) is 11.3 Å². The number of methoxy groups -OCH3 is 1. The lowest BCUT2D eigenvalue weighted by atomic mass is 10.1. The summed E-state index contributed by atoms with van der Waals surface area (Å²) in [5.41, 5.74) is 1.78. The molecule has 0 unspecified atom stereocenters. The van der Waals surface area contributed by atoms with E-state index in [4.69, 9.17) is 14.4 Å². The van der Waals surface area contributed by atoms with Gasteiger partial charge in [0.2, 0.25) is 0 Å². The van der Waals surface area contributed by atoms with Crippen molar-refractivity contribution < 1.29 is 19.2 Å². The summed E-state index contributed by atoms with van der Waals surface area (Å²) >= 11 is 0. The van der Waals surface area contributed by atoms with Crippen molar-refractivity contribution in [1.29, 1.82) is 0 Å². The number of aromatic nitrogens is 1. The zero-order chi connectivity index (χ0) is 15.5. The molecule has 0 saturated carbocycles. The minimum Gasteiger partial charge on any atom is -0.496 e. The van der Waals surface area contributed by atoms with Crippen LogP contribution in [0.3, 0.4) is 0 Å². The van der Waals surface area contributed by atoms with Crippen LogP contribution in [0.1, 0.15) is 28.9 Å². The van der Waals surface area contributed by atoms with Gasteiger partial charge in [0, 0.05) is 23.7 Å². The molecule has 1 aromatic carbocycles. The van der Waals surface area contributed by atoms with Crippen LogP contribution in [0, 0.1) is 0 Å². The lowest BCUT2D eigenvalue weighted by Gasteiger charge is -2.17. The largest absolute Gasteiger partial charge is 0.496 e. The summed E-state index contributed by atoms with van der Waals surface area (Å²) < 4.78 is 10.5. The van der Waals surface area contributed by atoms with Crippen molar-refractivity contribution in [2.45, 2.75) is 19.4 Å². The van der Waals surface area contributed by atoms with E-state index in [0.717, 1.165) is 36.5 Å². The van der Waals surface area contributed by atoms with Gasteiger partial charge in [0.25, 0.3) is 0 Å². The summed E-state index contributed by atoms with van der Waals surface area (Å²) in [5.74, 6) is 0.178. The van der Waals surface area contributed by atoms with E-state index in [0.29, 0.717) is 5.76 Å². The molecule has 1 aromatic heterocycles. The molecule has 1 aliphatic rings. The second kappa shape index (κ2) is 6.19. The van der Waals surface area contributed by atoms with E-state index in [1.807, 2.05) is 18.2 Å². The van der Waals surface area contributed by atoms with E-state index < -0.39 is 5.97 Å². The number of hydrogen-bond acceptors (Lipinski definition) is 5. The second-order valence-electron chi connectivity index (χ2n) is 5.39. The van der Waals surface area contributed by atoms with Gasteiger partial charge in [0.1, 0.15) is 5.75 Å². The number of hydrogen-bond donors (Lipinski definition) is 1. The van der Waals surface area contributed by atoms with Gasteiger partial charge in [-0.2, -0.15) is 0 Å². The highest BCUT2D eigenvalue weighted by molar-refractivity contribution is 5.86. The van der Waals surface area contributed by atoms with Crippen LogP contribution in [0.4, 0.5) is 0 Å². The summed E-state index contributed by atoms with van der Waals surface area (Å²) in [5, 5.41) is 12.5. The van der Waals surface area contributed by atoms with Crippen molar-refractivity contribution in [3.63, 3.8) is 0 Å². The minimum atomic E-state index is -1.10. The molecule has 3 rings (SSSR count). The molecule has 1 aliphatic heterocycles. The molecule has 2 heterocycles. The van der Waals surface area contributed by atoms with Gasteiger partial charge in [-0.25, -0.2) is 4.79 Å². The Labute approximate surface area is 128 Å². The van der Waals surface area contributed by atoms with Crippen molar-refractivity contribution in [2.75, 3.05) is 20.2 Å². The number of nitrogens with zero attached hydrogens (tertiary/aromatic N) is 2. The Morgan fingerprint density at radius 1 is 1.36 bits per heavy atom. The van der Waals surface area contributed by atoms with E-state index in [1.165, 1.54) is 18.9 Å². The molecule has 2 aromatic rings. The normalized spacial score (nSPS) is 15.1. The van der Waals surface area contributed by atoms with Crippen LogP contribution in [0.2, 0.25) is 0 Å². The maximum atomic E-state index is 10.9. The molecule has 0 atom stereocenters. The summed E-state index contributed by atoms with van der Waals surface area (Å²) in [4.78, 5) is 13.3. The van der Waals surface area contributed by atoms with Crippen molar-refractivity contribution in [2.24, 2.45) is 0 Å². The van der Waals surface area contributed by atoms with Gasteiger partial charge in [-0.05, 0) is 44.1 Å². The van der Waals surface area contributed by atoms with Crippen molar-refractivity contribution >= 4 is 5.97 Å². The van der Waals surface area contributed by atoms with E-state index in [1.54, 1.807) is 7.11 Å². The zero-order valence-electron chi connectivity index (χ0n) is 12.4. The Hall–Kier alpha value is -2.34. The third kappa shape index (κ3) is 2.96. The van der Waals surface area contributed by atoms with Gasteiger partial charge < -0.3 is 14.4 Å². The lowest BCUT2D eigenvalue weighted by molar-refractivity contribution is 0.0686. The summed E-state index contributed by atoms with van der Waals surface area (Å²) in [6, 6.07) is 7.13. The summed E-state index contributed by atoms with van der Waals surface area (Å²) in [6.45, 7) is 3.01. The van der Waals surface area contributed by atoms with E-state index in [-0.39, 0.29) is 5.69 Å². The van der Waals surface area contributed by atoms with E-state index >= 15 is 0 Å². The van der Waals surface area contributed by atoms with E-state index in [2.05, 4.69) is 10.1 Å². The first-order valence-corrected chi connectivity index (χ1v) is 7.27. The number of aromatic carboxylic acids is 1. The molecule has 22 heavy (non-hydrogen) atoms. The molecule has 6 heteroatoms. The Kier molecular flexibility index (Phi) is 4.11. The fourth-order valence-electron chi connectivity index (χ4n) is 2.75. The molecule has 0 spiro atoms. The van der Waals surface area contributed by atoms with Gasteiger partial charge >= 0.3 is 5.97 Å². The Morgan fingerprint density at radius 2 is 2.14 bits per heavy atom. The number of ether oxygens (including phenoxy) is 1. The predicted octanol–water partition coefficient (Wildman–Crippen LogP) is 2.64. The zero-order valence-corrected chi connectivity index (χ0v) is 12.4. The smallest absolute Gasteiger partial charge is 0.358 e. The SMILES string of the molecule is COc1ccc(-c2cc(C(=O)O)no2)cc1CN1CCCC1. The molecule has 116 valence electrons. The number of benzene rings is 1.